The lowest BCUT2D eigenvalue weighted by Gasteiger charge is -2.17. The summed E-state index contributed by atoms with van der Waals surface area (Å²) in [6.07, 6.45) is 0.928. The lowest BCUT2D eigenvalue weighted by Crippen LogP contribution is -2.35. The number of hydrogen-bond acceptors (Lipinski definition) is 3. The molecule has 1 unspecified atom stereocenters. The Morgan fingerprint density at radius 1 is 1.50 bits per heavy atom. The number of thiol groups is 1. The smallest absolute Gasteiger partial charge is 0.252 e. The fourth-order valence-corrected chi connectivity index (χ4v) is 2.38. The van der Waals surface area contributed by atoms with Gasteiger partial charge < -0.3 is 10.2 Å². The van der Waals surface area contributed by atoms with Crippen LogP contribution in [-0.2, 0) is 0 Å². The molecule has 0 radical (unpaired) electrons. The van der Waals surface area contributed by atoms with Crippen molar-refractivity contribution in [3.8, 4) is 0 Å². The fourth-order valence-electron chi connectivity index (χ4n) is 1.52. The molecule has 0 aliphatic rings. The van der Waals surface area contributed by atoms with E-state index < -0.39 is 0 Å². The zero-order chi connectivity index (χ0) is 13.7. The Kier molecular flexibility index (Phi) is 6.18. The van der Waals surface area contributed by atoms with Crippen LogP contribution in [0.2, 0.25) is 0 Å². The van der Waals surface area contributed by atoms with Crippen LogP contribution < -0.4 is 5.32 Å². The zero-order valence-electron chi connectivity index (χ0n) is 10.9. The van der Waals surface area contributed by atoms with Gasteiger partial charge in [-0.3, -0.25) is 4.79 Å². The van der Waals surface area contributed by atoms with Gasteiger partial charge in [0, 0.05) is 15.4 Å². The van der Waals surface area contributed by atoms with E-state index in [0.717, 1.165) is 17.4 Å². The molecule has 0 spiro atoms. The molecule has 1 aromatic rings. The molecule has 0 heterocycles. The summed E-state index contributed by atoms with van der Waals surface area (Å²) in [5.74, 6) is -0.0706. The summed E-state index contributed by atoms with van der Waals surface area (Å²) in [6, 6.07) is 5.60. The molecule has 0 saturated carbocycles. The minimum absolute atomic E-state index is 0.0706. The Bertz CT molecular complexity index is 423. The van der Waals surface area contributed by atoms with Crippen LogP contribution >= 0.6 is 28.6 Å². The molecule has 1 aromatic carbocycles. The topological polar surface area (TPSA) is 32.3 Å². The molecule has 0 aliphatic heterocycles. The van der Waals surface area contributed by atoms with Gasteiger partial charge in [0.2, 0.25) is 0 Å². The molecule has 0 aromatic heterocycles. The number of carbonyl (C=O) groups excluding carboxylic acids is 1. The standard InChI is InChI=1S/C13H19BrN2OS/c1-9(6-7-16(2)3)15-13(17)11-5-4-10(14)8-12(11)18/h4-5,8-9,18H,6-7H2,1-3H3,(H,15,17). The van der Waals surface area contributed by atoms with Gasteiger partial charge in [0.05, 0.1) is 5.56 Å². The Morgan fingerprint density at radius 2 is 2.17 bits per heavy atom. The molecule has 0 bridgehead atoms. The second kappa shape index (κ2) is 7.16. The maximum Gasteiger partial charge on any atom is 0.252 e. The highest BCUT2D eigenvalue weighted by molar-refractivity contribution is 9.10. The number of rotatable bonds is 5. The van der Waals surface area contributed by atoms with Gasteiger partial charge >= 0.3 is 0 Å². The van der Waals surface area contributed by atoms with Crippen LogP contribution in [0.4, 0.5) is 0 Å². The third kappa shape index (κ3) is 5.00. The van der Waals surface area contributed by atoms with Crippen molar-refractivity contribution in [3.05, 3.63) is 28.2 Å². The number of halogens is 1. The van der Waals surface area contributed by atoms with Gasteiger partial charge in [0.1, 0.15) is 0 Å². The third-order valence-electron chi connectivity index (χ3n) is 2.59. The number of carbonyl (C=O) groups is 1. The van der Waals surface area contributed by atoms with Gasteiger partial charge in [-0.1, -0.05) is 15.9 Å². The van der Waals surface area contributed by atoms with Crippen molar-refractivity contribution >= 4 is 34.5 Å². The van der Waals surface area contributed by atoms with E-state index in [2.05, 4.69) is 38.8 Å². The molecular formula is C13H19BrN2OS. The molecule has 0 aliphatic carbocycles. The van der Waals surface area contributed by atoms with Crippen molar-refractivity contribution < 1.29 is 4.79 Å². The highest BCUT2D eigenvalue weighted by Gasteiger charge is 2.12. The van der Waals surface area contributed by atoms with E-state index in [4.69, 9.17) is 0 Å². The van der Waals surface area contributed by atoms with Crippen LogP contribution in [-0.4, -0.2) is 37.5 Å². The van der Waals surface area contributed by atoms with Crippen molar-refractivity contribution in [1.29, 1.82) is 0 Å². The highest BCUT2D eigenvalue weighted by Crippen LogP contribution is 2.19. The summed E-state index contributed by atoms with van der Waals surface area (Å²) in [6.45, 7) is 2.97. The SMILES string of the molecule is CC(CCN(C)C)NC(=O)c1ccc(Br)cc1S. The molecule has 1 atom stereocenters. The summed E-state index contributed by atoms with van der Waals surface area (Å²) in [5, 5.41) is 2.98. The van der Waals surface area contributed by atoms with Gasteiger partial charge in [-0.25, -0.2) is 0 Å². The Labute approximate surface area is 122 Å². The highest BCUT2D eigenvalue weighted by atomic mass is 79.9. The average Bonchev–Trinajstić information content (AvgIpc) is 2.26. The fraction of sp³-hybridized carbons (Fsp3) is 0.462. The Morgan fingerprint density at radius 3 is 2.72 bits per heavy atom. The first-order chi connectivity index (χ1) is 8.40. The first-order valence-electron chi connectivity index (χ1n) is 5.84. The number of amides is 1. The van der Waals surface area contributed by atoms with Gasteiger partial charge in [-0.05, 0) is 52.2 Å². The largest absolute Gasteiger partial charge is 0.350 e. The number of nitrogens with one attached hydrogen (secondary N) is 1. The minimum atomic E-state index is -0.0706. The lowest BCUT2D eigenvalue weighted by atomic mass is 10.1. The van der Waals surface area contributed by atoms with Crippen LogP contribution in [0.5, 0.6) is 0 Å². The second-order valence-electron chi connectivity index (χ2n) is 4.63. The molecule has 0 fully saturated rings. The number of nitrogens with zero attached hydrogens (tertiary/aromatic N) is 1. The minimum Gasteiger partial charge on any atom is -0.350 e. The summed E-state index contributed by atoms with van der Waals surface area (Å²) in [4.78, 5) is 14.8. The van der Waals surface area contributed by atoms with Gasteiger partial charge in [-0.2, -0.15) is 0 Å². The number of benzene rings is 1. The van der Waals surface area contributed by atoms with Crippen LogP contribution in [0.3, 0.4) is 0 Å². The monoisotopic (exact) mass is 330 g/mol. The first-order valence-corrected chi connectivity index (χ1v) is 7.08. The molecule has 1 rings (SSSR count). The van der Waals surface area contributed by atoms with E-state index in [1.54, 1.807) is 6.07 Å². The molecule has 1 N–H and O–H groups in total. The normalized spacial score (nSPS) is 12.6. The van der Waals surface area contributed by atoms with Crippen molar-refractivity contribution in [2.75, 3.05) is 20.6 Å². The van der Waals surface area contributed by atoms with E-state index >= 15 is 0 Å². The Hall–Kier alpha value is -0.520. The predicted molar refractivity (Wildman–Crippen MR) is 81.5 cm³/mol. The van der Waals surface area contributed by atoms with E-state index in [1.807, 2.05) is 33.2 Å². The molecule has 100 valence electrons. The van der Waals surface area contributed by atoms with Gasteiger partial charge in [0.25, 0.3) is 5.91 Å². The molecule has 5 heteroatoms. The van der Waals surface area contributed by atoms with Crippen molar-refractivity contribution in [1.82, 2.24) is 10.2 Å². The van der Waals surface area contributed by atoms with Gasteiger partial charge in [0.15, 0.2) is 0 Å². The molecule has 1 amide bonds. The van der Waals surface area contributed by atoms with E-state index in [9.17, 15) is 4.79 Å². The average molecular weight is 331 g/mol. The Balaban J connectivity index is 2.59. The van der Waals surface area contributed by atoms with Gasteiger partial charge in [-0.15, -0.1) is 12.6 Å². The second-order valence-corrected chi connectivity index (χ2v) is 6.03. The maximum absolute atomic E-state index is 12.0. The summed E-state index contributed by atoms with van der Waals surface area (Å²) in [5.41, 5.74) is 0.609. The van der Waals surface area contributed by atoms with E-state index in [-0.39, 0.29) is 11.9 Å². The summed E-state index contributed by atoms with van der Waals surface area (Å²) in [7, 11) is 4.05. The lowest BCUT2D eigenvalue weighted by molar-refractivity contribution is 0.0934. The first kappa shape index (κ1) is 15.5. The third-order valence-corrected chi connectivity index (χ3v) is 3.45. The predicted octanol–water partition coefficient (Wildman–Crippen LogP) is 2.81. The van der Waals surface area contributed by atoms with Crippen LogP contribution in [0, 0.1) is 0 Å². The summed E-state index contributed by atoms with van der Waals surface area (Å²) >= 11 is 7.67. The quantitative estimate of drug-likeness (QED) is 0.814. The summed E-state index contributed by atoms with van der Waals surface area (Å²) < 4.78 is 0.921. The van der Waals surface area contributed by atoms with Crippen LogP contribution in [0.25, 0.3) is 0 Å². The molecule has 0 saturated heterocycles. The zero-order valence-corrected chi connectivity index (χ0v) is 13.4. The molecule has 18 heavy (non-hydrogen) atoms. The molecule has 3 nitrogen and oxygen atoms in total. The van der Waals surface area contributed by atoms with Crippen molar-refractivity contribution in [3.63, 3.8) is 0 Å². The van der Waals surface area contributed by atoms with Crippen molar-refractivity contribution in [2.45, 2.75) is 24.3 Å². The maximum atomic E-state index is 12.0. The molecular weight excluding hydrogens is 312 g/mol. The van der Waals surface area contributed by atoms with Crippen molar-refractivity contribution in [2.24, 2.45) is 0 Å². The van der Waals surface area contributed by atoms with E-state index in [0.29, 0.717) is 10.5 Å². The van der Waals surface area contributed by atoms with E-state index in [1.165, 1.54) is 0 Å². The van der Waals surface area contributed by atoms with Crippen LogP contribution in [0.1, 0.15) is 23.7 Å². The van der Waals surface area contributed by atoms with Crippen LogP contribution in [0.15, 0.2) is 27.6 Å². The number of hydrogen-bond donors (Lipinski definition) is 2.